The molecule has 1 aromatic carbocycles. The number of ketones is 1. The second-order valence-electron chi connectivity index (χ2n) is 6.22. The third-order valence-corrected chi connectivity index (χ3v) is 4.50. The van der Waals surface area contributed by atoms with Gasteiger partial charge in [-0.3, -0.25) is 9.59 Å². The number of Topliss-reactive ketones (excluding diaryl/α,β-unsaturated/α-hetero) is 1. The van der Waals surface area contributed by atoms with Crippen LogP contribution in [0.15, 0.2) is 35.6 Å². The Kier molecular flexibility index (Phi) is 4.22. The monoisotopic (exact) mass is 315 g/mol. The lowest BCUT2D eigenvalue weighted by molar-refractivity contribution is -0.131. The quantitative estimate of drug-likeness (QED) is 0.927. The van der Waals surface area contributed by atoms with Crippen LogP contribution in [0.3, 0.4) is 0 Å². The maximum Gasteiger partial charge on any atom is 0.290 e. The molecule has 5 nitrogen and oxygen atoms in total. The van der Waals surface area contributed by atoms with Crippen molar-refractivity contribution < 1.29 is 19.4 Å². The van der Waals surface area contributed by atoms with Crippen molar-refractivity contribution in [1.82, 2.24) is 4.90 Å². The van der Waals surface area contributed by atoms with Crippen LogP contribution in [0.5, 0.6) is 0 Å². The van der Waals surface area contributed by atoms with Crippen molar-refractivity contribution in [3.05, 3.63) is 46.7 Å². The summed E-state index contributed by atoms with van der Waals surface area (Å²) in [6.45, 7) is 4.45. The highest BCUT2D eigenvalue weighted by Crippen LogP contribution is 2.38. The average Bonchev–Trinajstić information content (AvgIpc) is 3.10. The van der Waals surface area contributed by atoms with E-state index in [1.165, 1.54) is 6.92 Å². The van der Waals surface area contributed by atoms with Gasteiger partial charge in [0.15, 0.2) is 11.5 Å². The molecular weight excluding hydrogens is 294 g/mol. The molecule has 122 valence electrons. The van der Waals surface area contributed by atoms with Gasteiger partial charge >= 0.3 is 0 Å². The first-order valence-electron chi connectivity index (χ1n) is 7.92. The van der Waals surface area contributed by atoms with Gasteiger partial charge < -0.3 is 14.7 Å². The molecular formula is C18H21NO4. The molecule has 5 heteroatoms. The second kappa shape index (κ2) is 6.16. The normalized spacial score (nSPS) is 24.6. The van der Waals surface area contributed by atoms with Gasteiger partial charge in [-0.2, -0.15) is 0 Å². The molecule has 0 unspecified atom stereocenters. The van der Waals surface area contributed by atoms with Crippen LogP contribution in [-0.4, -0.2) is 41.0 Å². The van der Waals surface area contributed by atoms with Gasteiger partial charge in [0.25, 0.3) is 5.91 Å². The summed E-state index contributed by atoms with van der Waals surface area (Å²) in [5.41, 5.74) is 2.11. The Morgan fingerprint density at radius 2 is 2.04 bits per heavy atom. The Morgan fingerprint density at radius 3 is 2.61 bits per heavy atom. The van der Waals surface area contributed by atoms with Crippen LogP contribution in [0.4, 0.5) is 0 Å². The zero-order chi connectivity index (χ0) is 16.6. The Hall–Kier alpha value is -2.14. The van der Waals surface area contributed by atoms with Crippen LogP contribution in [0.2, 0.25) is 0 Å². The molecule has 2 heterocycles. The van der Waals surface area contributed by atoms with Crippen LogP contribution in [0, 0.1) is 6.92 Å². The smallest absolute Gasteiger partial charge is 0.290 e. The molecule has 1 N–H and O–H groups in total. The largest absolute Gasteiger partial charge is 0.503 e. The molecule has 0 aliphatic carbocycles. The van der Waals surface area contributed by atoms with E-state index >= 15 is 0 Å². The first kappa shape index (κ1) is 15.7. The Bertz CT molecular complexity index is 656. The maximum atomic E-state index is 12.5. The molecule has 0 bridgehead atoms. The summed E-state index contributed by atoms with van der Waals surface area (Å²) >= 11 is 0. The fraction of sp³-hybridized carbons (Fsp3) is 0.444. The van der Waals surface area contributed by atoms with Crippen LogP contribution in [0.25, 0.3) is 0 Å². The van der Waals surface area contributed by atoms with Crippen molar-refractivity contribution in [2.24, 2.45) is 0 Å². The molecule has 2 aliphatic rings. The molecule has 3 rings (SSSR count). The molecule has 1 saturated heterocycles. The minimum atomic E-state index is -0.537. The van der Waals surface area contributed by atoms with Gasteiger partial charge in [-0.05, 0) is 32.3 Å². The van der Waals surface area contributed by atoms with E-state index in [4.69, 9.17) is 4.74 Å². The molecule has 0 aromatic heterocycles. The van der Waals surface area contributed by atoms with Crippen LogP contribution < -0.4 is 0 Å². The molecule has 1 amide bonds. The second-order valence-corrected chi connectivity index (χ2v) is 6.22. The predicted molar refractivity (Wildman–Crippen MR) is 84.9 cm³/mol. The summed E-state index contributed by atoms with van der Waals surface area (Å²) in [7, 11) is 0. The maximum absolute atomic E-state index is 12.5. The zero-order valence-corrected chi connectivity index (χ0v) is 13.4. The third kappa shape index (κ3) is 2.88. The van der Waals surface area contributed by atoms with Crippen molar-refractivity contribution >= 4 is 11.7 Å². The van der Waals surface area contributed by atoms with E-state index in [2.05, 4.69) is 0 Å². The summed E-state index contributed by atoms with van der Waals surface area (Å²) in [5.74, 6) is -1.20. The molecule has 2 atom stereocenters. The van der Waals surface area contributed by atoms with E-state index in [1.807, 2.05) is 31.2 Å². The van der Waals surface area contributed by atoms with E-state index in [0.29, 0.717) is 13.2 Å². The number of aryl methyl sites for hydroxylation is 1. The summed E-state index contributed by atoms with van der Waals surface area (Å²) in [6.07, 6.45) is 1.83. The van der Waals surface area contributed by atoms with E-state index in [1.54, 1.807) is 4.90 Å². The van der Waals surface area contributed by atoms with Crippen molar-refractivity contribution in [1.29, 1.82) is 0 Å². The number of nitrogens with zero attached hydrogens (tertiary/aromatic N) is 1. The van der Waals surface area contributed by atoms with Crippen molar-refractivity contribution in [2.45, 2.75) is 38.8 Å². The standard InChI is InChI=1S/C18H21NO4/c1-11-5-7-13(8-6-11)16-15(12(2)20)17(21)18(22)19(16)10-14-4-3-9-23-14/h5-8,14,16,21H,3-4,9-10H2,1-2H3/t14-,16-/m1/s1. The van der Waals surface area contributed by atoms with E-state index in [0.717, 1.165) is 24.0 Å². The molecule has 1 fully saturated rings. The number of aliphatic hydroxyl groups is 1. The number of rotatable bonds is 4. The molecule has 0 radical (unpaired) electrons. The SMILES string of the molecule is CC(=O)C1=C(O)C(=O)N(C[C@H]2CCCO2)[C@@H]1c1ccc(C)cc1. The van der Waals surface area contributed by atoms with Gasteiger partial charge in [-0.1, -0.05) is 29.8 Å². The highest BCUT2D eigenvalue weighted by atomic mass is 16.5. The molecule has 0 spiro atoms. The number of carbonyl (C=O) groups is 2. The molecule has 23 heavy (non-hydrogen) atoms. The highest BCUT2D eigenvalue weighted by Gasteiger charge is 2.43. The zero-order valence-electron chi connectivity index (χ0n) is 13.4. The van der Waals surface area contributed by atoms with Gasteiger partial charge in [0, 0.05) is 13.2 Å². The topological polar surface area (TPSA) is 66.8 Å². The fourth-order valence-corrected chi connectivity index (χ4v) is 3.30. The lowest BCUT2D eigenvalue weighted by Gasteiger charge is -2.28. The minimum absolute atomic E-state index is 0.0361. The van der Waals surface area contributed by atoms with Gasteiger partial charge in [0.05, 0.1) is 17.7 Å². The number of hydrogen-bond donors (Lipinski definition) is 1. The molecule has 0 saturated carbocycles. The predicted octanol–water partition coefficient (Wildman–Crippen LogP) is 2.46. The summed E-state index contributed by atoms with van der Waals surface area (Å²) < 4.78 is 5.62. The number of hydrogen-bond acceptors (Lipinski definition) is 4. The first-order chi connectivity index (χ1) is 11.0. The summed E-state index contributed by atoms with van der Waals surface area (Å²) in [6, 6.07) is 7.15. The number of benzene rings is 1. The summed E-state index contributed by atoms with van der Waals surface area (Å²) in [4.78, 5) is 26.0. The Morgan fingerprint density at radius 1 is 1.35 bits per heavy atom. The third-order valence-electron chi connectivity index (χ3n) is 4.50. The van der Waals surface area contributed by atoms with Crippen LogP contribution in [0.1, 0.15) is 36.9 Å². The van der Waals surface area contributed by atoms with Crippen molar-refractivity contribution in [3.63, 3.8) is 0 Å². The fourth-order valence-electron chi connectivity index (χ4n) is 3.30. The summed E-state index contributed by atoms with van der Waals surface area (Å²) in [5, 5.41) is 10.2. The van der Waals surface area contributed by atoms with Gasteiger partial charge in [-0.15, -0.1) is 0 Å². The van der Waals surface area contributed by atoms with Crippen LogP contribution >= 0.6 is 0 Å². The lowest BCUT2D eigenvalue weighted by Crippen LogP contribution is -2.37. The van der Waals surface area contributed by atoms with E-state index in [9.17, 15) is 14.7 Å². The average molecular weight is 315 g/mol. The lowest BCUT2D eigenvalue weighted by atomic mass is 9.96. The van der Waals surface area contributed by atoms with E-state index < -0.39 is 17.7 Å². The van der Waals surface area contributed by atoms with Crippen molar-refractivity contribution in [2.75, 3.05) is 13.2 Å². The Balaban J connectivity index is 1.98. The first-order valence-corrected chi connectivity index (χ1v) is 7.92. The Labute approximate surface area is 135 Å². The minimum Gasteiger partial charge on any atom is -0.503 e. The number of amides is 1. The van der Waals surface area contributed by atoms with Gasteiger partial charge in [0.2, 0.25) is 0 Å². The number of aliphatic hydroxyl groups excluding tert-OH is 1. The molecule has 1 aromatic rings. The van der Waals surface area contributed by atoms with Gasteiger partial charge in [-0.25, -0.2) is 0 Å². The van der Waals surface area contributed by atoms with Crippen molar-refractivity contribution in [3.8, 4) is 0 Å². The van der Waals surface area contributed by atoms with Gasteiger partial charge in [0.1, 0.15) is 0 Å². The molecule has 2 aliphatic heterocycles. The number of carbonyl (C=O) groups excluding carboxylic acids is 2. The highest BCUT2D eigenvalue weighted by molar-refractivity contribution is 6.08. The van der Waals surface area contributed by atoms with E-state index in [-0.39, 0.29) is 17.5 Å². The van der Waals surface area contributed by atoms with Crippen LogP contribution in [-0.2, 0) is 14.3 Å². The number of ether oxygens (including phenoxy) is 1.